The van der Waals surface area contributed by atoms with Gasteiger partial charge < -0.3 is 4.74 Å². The molecule has 4 aromatic carbocycles. The number of hydrogen-bond acceptors (Lipinski definition) is 1. The second kappa shape index (κ2) is 6.38. The van der Waals surface area contributed by atoms with Crippen LogP contribution in [0, 0.1) is 13.8 Å². The molecular formula is C27H22O. The normalized spacial score (nSPS) is 13.9. The Morgan fingerprint density at radius 2 is 1.11 bits per heavy atom. The Balaban J connectivity index is 1.91. The van der Waals surface area contributed by atoms with Crippen LogP contribution in [0.25, 0.3) is 11.1 Å². The van der Waals surface area contributed by atoms with Crippen molar-refractivity contribution in [3.63, 3.8) is 0 Å². The smallest absolute Gasteiger partial charge is 0.185 e. The molecule has 0 aromatic heterocycles. The summed E-state index contributed by atoms with van der Waals surface area (Å²) < 4.78 is 6.95. The highest BCUT2D eigenvalue weighted by molar-refractivity contribution is 5.79. The van der Waals surface area contributed by atoms with Crippen molar-refractivity contribution < 1.29 is 4.74 Å². The van der Waals surface area contributed by atoms with Crippen LogP contribution < -0.4 is 4.74 Å². The summed E-state index contributed by atoms with van der Waals surface area (Å²) in [6, 6.07) is 34.3. The van der Waals surface area contributed by atoms with Gasteiger partial charge in [-0.25, -0.2) is 0 Å². The molecule has 1 aliphatic rings. The average molecular weight is 362 g/mol. The molecule has 1 heteroatoms. The molecule has 0 N–H and O–H groups in total. The van der Waals surface area contributed by atoms with E-state index in [4.69, 9.17) is 4.74 Å². The fourth-order valence-electron chi connectivity index (χ4n) is 4.28. The van der Waals surface area contributed by atoms with Crippen LogP contribution in [0.4, 0.5) is 0 Å². The van der Waals surface area contributed by atoms with Crippen molar-refractivity contribution in [2.24, 2.45) is 0 Å². The third-order valence-corrected chi connectivity index (χ3v) is 5.61. The maximum atomic E-state index is 6.95. The minimum absolute atomic E-state index is 0.676. The maximum Gasteiger partial charge on any atom is 0.185 e. The molecule has 0 atom stereocenters. The van der Waals surface area contributed by atoms with Gasteiger partial charge in [0.2, 0.25) is 0 Å². The third kappa shape index (κ3) is 2.47. The lowest BCUT2D eigenvalue weighted by molar-refractivity contribution is 0.152. The summed E-state index contributed by atoms with van der Waals surface area (Å²) >= 11 is 0. The van der Waals surface area contributed by atoms with E-state index in [1.165, 1.54) is 22.3 Å². The molecule has 0 aliphatic carbocycles. The van der Waals surface area contributed by atoms with Gasteiger partial charge in [-0.15, -0.1) is 0 Å². The largest absolute Gasteiger partial charge is 0.472 e. The van der Waals surface area contributed by atoms with Gasteiger partial charge in [0.1, 0.15) is 5.75 Å². The fourth-order valence-corrected chi connectivity index (χ4v) is 4.28. The lowest BCUT2D eigenvalue weighted by atomic mass is 9.74. The summed E-state index contributed by atoms with van der Waals surface area (Å²) in [4.78, 5) is 0. The Hall–Kier alpha value is -3.32. The van der Waals surface area contributed by atoms with E-state index in [0.29, 0.717) is 0 Å². The minimum atomic E-state index is -0.676. The lowest BCUT2D eigenvalue weighted by Gasteiger charge is -2.41. The molecule has 0 amide bonds. The molecule has 4 aromatic rings. The first-order chi connectivity index (χ1) is 13.7. The quantitative estimate of drug-likeness (QED) is 0.388. The SMILES string of the molecule is Cc1ccc2c(c1)OC(c1ccccc1)(c1ccccc1)c1cc(C)ccc1-2. The number of aryl methyl sites for hydroxylation is 2. The van der Waals surface area contributed by atoms with Gasteiger partial charge in [-0.05, 0) is 31.0 Å². The summed E-state index contributed by atoms with van der Waals surface area (Å²) in [5, 5.41) is 0. The summed E-state index contributed by atoms with van der Waals surface area (Å²) in [6.07, 6.45) is 0. The molecule has 5 rings (SSSR count). The van der Waals surface area contributed by atoms with Gasteiger partial charge in [0.05, 0.1) is 0 Å². The van der Waals surface area contributed by atoms with Crippen LogP contribution in [-0.2, 0) is 5.60 Å². The van der Waals surface area contributed by atoms with E-state index in [-0.39, 0.29) is 0 Å². The highest BCUT2D eigenvalue weighted by Gasteiger charge is 2.44. The number of hydrogen-bond donors (Lipinski definition) is 0. The molecule has 1 nitrogen and oxygen atoms in total. The van der Waals surface area contributed by atoms with Crippen molar-refractivity contribution in [2.45, 2.75) is 19.4 Å². The number of fused-ring (bicyclic) bond motifs is 3. The van der Waals surface area contributed by atoms with Crippen molar-refractivity contribution in [3.8, 4) is 16.9 Å². The van der Waals surface area contributed by atoms with Gasteiger partial charge in [0.25, 0.3) is 0 Å². The summed E-state index contributed by atoms with van der Waals surface area (Å²) in [5.41, 5.74) is 7.62. The fraction of sp³-hybridized carbons (Fsp3) is 0.111. The molecule has 0 saturated heterocycles. The van der Waals surface area contributed by atoms with Crippen molar-refractivity contribution in [2.75, 3.05) is 0 Å². The molecule has 0 bridgehead atoms. The van der Waals surface area contributed by atoms with Gasteiger partial charge >= 0.3 is 0 Å². The molecule has 1 aliphatic heterocycles. The highest BCUT2D eigenvalue weighted by Crippen LogP contribution is 2.51. The van der Waals surface area contributed by atoms with Gasteiger partial charge in [-0.2, -0.15) is 0 Å². The van der Waals surface area contributed by atoms with Crippen LogP contribution >= 0.6 is 0 Å². The third-order valence-electron chi connectivity index (χ3n) is 5.61. The summed E-state index contributed by atoms with van der Waals surface area (Å²) in [5.74, 6) is 0.934. The van der Waals surface area contributed by atoms with E-state index in [1.807, 2.05) is 0 Å². The second-order valence-corrected chi connectivity index (χ2v) is 7.56. The van der Waals surface area contributed by atoms with Gasteiger partial charge in [0.15, 0.2) is 5.60 Å². The number of rotatable bonds is 2. The second-order valence-electron chi connectivity index (χ2n) is 7.56. The van der Waals surface area contributed by atoms with E-state index < -0.39 is 5.60 Å². The molecular weight excluding hydrogens is 340 g/mol. The Bertz CT molecular complexity index is 1100. The van der Waals surface area contributed by atoms with Crippen LogP contribution in [0.2, 0.25) is 0 Å². The Kier molecular flexibility index (Phi) is 3.84. The van der Waals surface area contributed by atoms with E-state index in [1.54, 1.807) is 0 Å². The summed E-state index contributed by atoms with van der Waals surface area (Å²) in [6.45, 7) is 4.26. The van der Waals surface area contributed by atoms with E-state index >= 15 is 0 Å². The zero-order valence-electron chi connectivity index (χ0n) is 16.1. The average Bonchev–Trinajstić information content (AvgIpc) is 2.74. The molecule has 1 heterocycles. The van der Waals surface area contributed by atoms with Crippen LogP contribution in [0.5, 0.6) is 5.75 Å². The predicted octanol–water partition coefficient (Wildman–Crippen LogP) is 6.65. The van der Waals surface area contributed by atoms with Crippen molar-refractivity contribution in [1.82, 2.24) is 0 Å². The maximum absolute atomic E-state index is 6.95. The first-order valence-electron chi connectivity index (χ1n) is 9.71. The molecule has 28 heavy (non-hydrogen) atoms. The van der Waals surface area contributed by atoms with Gasteiger partial charge in [0, 0.05) is 22.3 Å². The van der Waals surface area contributed by atoms with Gasteiger partial charge in [-0.1, -0.05) is 96.6 Å². The Morgan fingerprint density at radius 1 is 0.571 bits per heavy atom. The zero-order chi connectivity index (χ0) is 19.1. The highest BCUT2D eigenvalue weighted by atomic mass is 16.5. The standard InChI is InChI=1S/C27H22O/c1-19-13-15-23-24-16-14-20(2)18-26(24)28-27(25(23)17-19,21-9-5-3-6-10-21)22-11-7-4-8-12-22/h3-18H,1-2H3. The molecule has 0 fully saturated rings. The molecule has 136 valence electrons. The predicted molar refractivity (Wildman–Crippen MR) is 115 cm³/mol. The van der Waals surface area contributed by atoms with Crippen molar-refractivity contribution in [1.29, 1.82) is 0 Å². The molecule has 0 spiro atoms. The summed E-state index contributed by atoms with van der Waals surface area (Å²) in [7, 11) is 0. The molecule has 0 unspecified atom stereocenters. The van der Waals surface area contributed by atoms with E-state index in [2.05, 4.69) is 111 Å². The van der Waals surface area contributed by atoms with Crippen LogP contribution in [0.15, 0.2) is 97.1 Å². The Labute approximate surface area is 166 Å². The topological polar surface area (TPSA) is 9.23 Å². The first kappa shape index (κ1) is 16.8. The number of ether oxygens (including phenoxy) is 1. The van der Waals surface area contributed by atoms with E-state index in [9.17, 15) is 0 Å². The minimum Gasteiger partial charge on any atom is -0.472 e. The van der Waals surface area contributed by atoms with E-state index in [0.717, 1.165) is 22.4 Å². The van der Waals surface area contributed by atoms with Crippen LogP contribution in [0.1, 0.15) is 27.8 Å². The molecule has 0 saturated carbocycles. The lowest BCUT2D eigenvalue weighted by Crippen LogP contribution is -2.38. The molecule has 0 radical (unpaired) electrons. The monoisotopic (exact) mass is 362 g/mol. The van der Waals surface area contributed by atoms with Crippen LogP contribution in [0.3, 0.4) is 0 Å². The van der Waals surface area contributed by atoms with Crippen molar-refractivity contribution in [3.05, 3.63) is 125 Å². The first-order valence-corrected chi connectivity index (χ1v) is 9.71. The van der Waals surface area contributed by atoms with Crippen molar-refractivity contribution >= 4 is 0 Å². The zero-order valence-corrected chi connectivity index (χ0v) is 16.1. The van der Waals surface area contributed by atoms with Crippen LogP contribution in [-0.4, -0.2) is 0 Å². The Morgan fingerprint density at radius 3 is 1.71 bits per heavy atom. The number of benzene rings is 4. The van der Waals surface area contributed by atoms with Gasteiger partial charge in [-0.3, -0.25) is 0 Å².